The SMILES string of the molecule is CCOC(OCC)c1cc2cncc(-c3cccc(CN4CCN(C)CC4)c3)c2o1. The van der Waals surface area contributed by atoms with E-state index in [9.17, 15) is 0 Å². The Kier molecular flexibility index (Phi) is 6.79. The van der Waals surface area contributed by atoms with Crippen molar-refractivity contribution >= 4 is 11.0 Å². The molecular weight excluding hydrogens is 378 g/mol. The van der Waals surface area contributed by atoms with Gasteiger partial charge in [-0.15, -0.1) is 0 Å². The Morgan fingerprint density at radius 1 is 1.03 bits per heavy atom. The molecule has 0 amide bonds. The third-order valence-electron chi connectivity index (χ3n) is 5.55. The zero-order valence-corrected chi connectivity index (χ0v) is 18.1. The fourth-order valence-electron chi connectivity index (χ4n) is 3.92. The summed E-state index contributed by atoms with van der Waals surface area (Å²) in [7, 11) is 2.19. The van der Waals surface area contributed by atoms with E-state index in [4.69, 9.17) is 13.9 Å². The van der Waals surface area contributed by atoms with E-state index in [1.54, 1.807) is 0 Å². The van der Waals surface area contributed by atoms with Crippen molar-refractivity contribution in [3.63, 3.8) is 0 Å². The van der Waals surface area contributed by atoms with Crippen LogP contribution in [0.2, 0.25) is 0 Å². The number of furan rings is 1. The molecule has 3 aromatic rings. The van der Waals surface area contributed by atoms with Gasteiger partial charge in [-0.1, -0.05) is 18.2 Å². The van der Waals surface area contributed by atoms with Crippen LogP contribution >= 0.6 is 0 Å². The Balaban J connectivity index is 1.61. The molecule has 1 fully saturated rings. The van der Waals surface area contributed by atoms with E-state index >= 15 is 0 Å². The first kappa shape index (κ1) is 21.0. The minimum atomic E-state index is -0.496. The lowest BCUT2D eigenvalue weighted by atomic mass is 10.0. The first-order valence-corrected chi connectivity index (χ1v) is 10.8. The van der Waals surface area contributed by atoms with Crippen LogP contribution in [0.1, 0.15) is 31.5 Å². The number of pyridine rings is 1. The molecule has 4 rings (SSSR count). The monoisotopic (exact) mass is 409 g/mol. The van der Waals surface area contributed by atoms with E-state index in [1.807, 2.05) is 32.3 Å². The van der Waals surface area contributed by atoms with Crippen molar-refractivity contribution in [2.24, 2.45) is 0 Å². The lowest BCUT2D eigenvalue weighted by molar-refractivity contribution is -0.150. The molecule has 30 heavy (non-hydrogen) atoms. The van der Waals surface area contributed by atoms with E-state index in [0.717, 1.165) is 54.8 Å². The second-order valence-electron chi connectivity index (χ2n) is 7.78. The van der Waals surface area contributed by atoms with Crippen molar-refractivity contribution in [2.45, 2.75) is 26.7 Å². The van der Waals surface area contributed by atoms with Gasteiger partial charge >= 0.3 is 0 Å². The Labute approximate surface area is 178 Å². The van der Waals surface area contributed by atoms with Crippen LogP contribution in [-0.4, -0.2) is 61.2 Å². The van der Waals surface area contributed by atoms with Gasteiger partial charge in [-0.25, -0.2) is 0 Å². The molecule has 3 heterocycles. The van der Waals surface area contributed by atoms with E-state index in [-0.39, 0.29) is 0 Å². The largest absolute Gasteiger partial charge is 0.455 e. The average Bonchev–Trinajstić information content (AvgIpc) is 3.20. The molecule has 1 aliphatic rings. The molecule has 0 atom stereocenters. The molecule has 0 unspecified atom stereocenters. The molecule has 0 radical (unpaired) electrons. The van der Waals surface area contributed by atoms with E-state index in [0.29, 0.717) is 19.0 Å². The maximum atomic E-state index is 6.22. The van der Waals surface area contributed by atoms with Crippen LogP contribution < -0.4 is 0 Å². The highest BCUT2D eigenvalue weighted by Gasteiger charge is 2.19. The zero-order chi connectivity index (χ0) is 20.9. The van der Waals surface area contributed by atoms with Gasteiger partial charge < -0.3 is 18.8 Å². The smallest absolute Gasteiger partial charge is 0.217 e. The summed E-state index contributed by atoms with van der Waals surface area (Å²) in [5.41, 5.74) is 4.24. The Bertz CT molecular complexity index is 957. The molecular formula is C24H31N3O3. The van der Waals surface area contributed by atoms with Crippen molar-refractivity contribution in [2.75, 3.05) is 46.4 Å². The summed E-state index contributed by atoms with van der Waals surface area (Å²) in [6.45, 7) is 10.4. The Morgan fingerprint density at radius 2 is 1.80 bits per heavy atom. The summed E-state index contributed by atoms with van der Waals surface area (Å²) in [5, 5.41) is 0.955. The number of hydrogen-bond donors (Lipinski definition) is 0. The molecule has 0 aliphatic carbocycles. The van der Waals surface area contributed by atoms with Crippen LogP contribution in [-0.2, 0) is 16.0 Å². The second kappa shape index (κ2) is 9.71. The van der Waals surface area contributed by atoms with Gasteiger partial charge in [0.05, 0.1) is 0 Å². The van der Waals surface area contributed by atoms with Gasteiger partial charge in [0, 0.05) is 69.3 Å². The molecule has 0 saturated carbocycles. The number of fused-ring (bicyclic) bond motifs is 1. The van der Waals surface area contributed by atoms with Crippen LogP contribution in [0.3, 0.4) is 0 Å². The van der Waals surface area contributed by atoms with Gasteiger partial charge in [0.25, 0.3) is 0 Å². The van der Waals surface area contributed by atoms with Crippen molar-refractivity contribution in [1.29, 1.82) is 0 Å². The Hall–Kier alpha value is -2.25. The van der Waals surface area contributed by atoms with E-state index in [2.05, 4.69) is 46.1 Å². The predicted octanol–water partition coefficient (Wildman–Crippen LogP) is 4.31. The van der Waals surface area contributed by atoms with Crippen LogP contribution in [0.15, 0.2) is 47.1 Å². The second-order valence-corrected chi connectivity index (χ2v) is 7.78. The van der Waals surface area contributed by atoms with Gasteiger partial charge in [0.2, 0.25) is 6.29 Å². The summed E-state index contributed by atoms with van der Waals surface area (Å²) in [4.78, 5) is 9.34. The number of benzene rings is 1. The number of ether oxygens (including phenoxy) is 2. The van der Waals surface area contributed by atoms with E-state index < -0.39 is 6.29 Å². The van der Waals surface area contributed by atoms with Gasteiger partial charge in [0.1, 0.15) is 5.58 Å². The van der Waals surface area contributed by atoms with E-state index in [1.165, 1.54) is 5.56 Å². The van der Waals surface area contributed by atoms with Gasteiger partial charge in [-0.2, -0.15) is 0 Å². The quantitative estimate of drug-likeness (QED) is 0.517. The molecule has 6 nitrogen and oxygen atoms in total. The lowest BCUT2D eigenvalue weighted by Gasteiger charge is -2.32. The predicted molar refractivity (Wildman–Crippen MR) is 118 cm³/mol. The zero-order valence-electron chi connectivity index (χ0n) is 18.1. The standard InChI is InChI=1S/C24H31N3O3/c1-4-28-24(29-5-2)22-14-20-15-25-16-21(23(20)30-22)19-8-6-7-18(13-19)17-27-11-9-26(3)10-12-27/h6-8,13-16,24H,4-5,9-12,17H2,1-3H3. The number of likely N-dealkylation sites (N-methyl/N-ethyl adjacent to an activating group) is 1. The average molecular weight is 410 g/mol. The molecule has 0 spiro atoms. The summed E-state index contributed by atoms with van der Waals surface area (Å²) in [6, 6.07) is 10.7. The van der Waals surface area contributed by atoms with Crippen LogP contribution in [0.4, 0.5) is 0 Å². The van der Waals surface area contributed by atoms with Gasteiger partial charge in [-0.3, -0.25) is 9.88 Å². The van der Waals surface area contributed by atoms with Crippen molar-refractivity contribution in [1.82, 2.24) is 14.8 Å². The topological polar surface area (TPSA) is 51.0 Å². The molecule has 0 N–H and O–H groups in total. The number of rotatable bonds is 8. The summed E-state index contributed by atoms with van der Waals surface area (Å²) >= 11 is 0. The minimum absolute atomic E-state index is 0.496. The fraction of sp³-hybridized carbons (Fsp3) is 0.458. The first-order chi connectivity index (χ1) is 14.7. The normalized spacial score (nSPS) is 16.0. The number of aromatic nitrogens is 1. The molecule has 6 heteroatoms. The summed E-state index contributed by atoms with van der Waals surface area (Å²) < 4.78 is 17.6. The number of piperazine rings is 1. The third kappa shape index (κ3) is 4.73. The highest BCUT2D eigenvalue weighted by Crippen LogP contribution is 2.33. The molecule has 160 valence electrons. The highest BCUT2D eigenvalue weighted by molar-refractivity contribution is 5.91. The highest BCUT2D eigenvalue weighted by atomic mass is 16.7. The van der Waals surface area contributed by atoms with Crippen molar-refractivity contribution in [3.8, 4) is 11.1 Å². The van der Waals surface area contributed by atoms with Gasteiger partial charge in [0.15, 0.2) is 5.76 Å². The molecule has 1 aromatic carbocycles. The molecule has 0 bridgehead atoms. The number of hydrogen-bond acceptors (Lipinski definition) is 6. The number of nitrogens with zero attached hydrogens (tertiary/aromatic N) is 3. The summed E-state index contributed by atoms with van der Waals surface area (Å²) in [6.07, 6.45) is 3.21. The first-order valence-electron chi connectivity index (χ1n) is 10.8. The molecule has 2 aromatic heterocycles. The third-order valence-corrected chi connectivity index (χ3v) is 5.55. The van der Waals surface area contributed by atoms with Crippen molar-refractivity contribution < 1.29 is 13.9 Å². The van der Waals surface area contributed by atoms with Crippen LogP contribution in [0, 0.1) is 0 Å². The maximum absolute atomic E-state index is 6.22. The van der Waals surface area contributed by atoms with Crippen molar-refractivity contribution in [3.05, 3.63) is 54.0 Å². The molecule has 1 aliphatic heterocycles. The maximum Gasteiger partial charge on any atom is 0.217 e. The molecule has 1 saturated heterocycles. The van der Waals surface area contributed by atoms with Gasteiger partial charge in [-0.05, 0) is 44.2 Å². The summed E-state index contributed by atoms with van der Waals surface area (Å²) in [5.74, 6) is 0.677. The fourth-order valence-corrected chi connectivity index (χ4v) is 3.92. The van der Waals surface area contributed by atoms with Crippen LogP contribution in [0.5, 0.6) is 0 Å². The minimum Gasteiger partial charge on any atom is -0.455 e. The van der Waals surface area contributed by atoms with Crippen LogP contribution in [0.25, 0.3) is 22.1 Å². The Morgan fingerprint density at radius 3 is 2.53 bits per heavy atom. The lowest BCUT2D eigenvalue weighted by Crippen LogP contribution is -2.43.